The predicted octanol–water partition coefficient (Wildman–Crippen LogP) is 5.95. The van der Waals surface area contributed by atoms with Crippen LogP contribution in [0.1, 0.15) is 36.3 Å². The van der Waals surface area contributed by atoms with Crippen molar-refractivity contribution in [3.05, 3.63) is 64.5 Å². The third-order valence-corrected chi connectivity index (χ3v) is 6.19. The molecule has 7 heteroatoms. The van der Waals surface area contributed by atoms with Crippen LogP contribution in [0.15, 0.2) is 42.7 Å². The van der Waals surface area contributed by atoms with Crippen LogP contribution in [0.3, 0.4) is 0 Å². The first-order valence-corrected chi connectivity index (χ1v) is 9.61. The Labute approximate surface area is 164 Å². The molecule has 0 radical (unpaired) electrons. The Morgan fingerprint density at radius 2 is 1.82 bits per heavy atom. The lowest BCUT2D eigenvalue weighted by Crippen LogP contribution is -2.47. The lowest BCUT2D eigenvalue weighted by atomic mass is 9.71. The van der Waals surface area contributed by atoms with Gasteiger partial charge in [0.25, 0.3) is 0 Å². The molecular formula is C21H21F4NOS. The van der Waals surface area contributed by atoms with Gasteiger partial charge >= 0.3 is 6.18 Å². The summed E-state index contributed by atoms with van der Waals surface area (Å²) < 4.78 is 57.0. The standard InChI is InChI=1S/C21H21F4NOS/c1-13-4-5-15(22)9-17(13)20(3,21(23,24)25)12-19(2,27)10-16-8-14-11-26-7-6-18(14)28-16/h4-9,11,27H,10,12H2,1-3H3. The molecule has 0 amide bonds. The Kier molecular flexibility index (Phi) is 5.27. The van der Waals surface area contributed by atoms with E-state index in [0.29, 0.717) is 5.56 Å². The highest BCUT2D eigenvalue weighted by atomic mass is 32.1. The summed E-state index contributed by atoms with van der Waals surface area (Å²) in [7, 11) is 0. The predicted molar refractivity (Wildman–Crippen MR) is 103 cm³/mol. The number of rotatable bonds is 5. The first-order chi connectivity index (χ1) is 12.9. The molecule has 0 bridgehead atoms. The van der Waals surface area contributed by atoms with Gasteiger partial charge in [-0.2, -0.15) is 13.2 Å². The van der Waals surface area contributed by atoms with E-state index in [1.165, 1.54) is 31.3 Å². The second-order valence-electron chi connectivity index (χ2n) is 7.77. The molecular weight excluding hydrogens is 390 g/mol. The molecule has 0 fully saturated rings. The molecule has 0 saturated heterocycles. The maximum Gasteiger partial charge on any atom is 0.398 e. The Hall–Kier alpha value is -1.99. The van der Waals surface area contributed by atoms with Gasteiger partial charge in [0.15, 0.2) is 0 Å². The molecule has 2 unspecified atom stereocenters. The number of alkyl halides is 3. The minimum atomic E-state index is -4.65. The van der Waals surface area contributed by atoms with E-state index in [1.807, 2.05) is 12.1 Å². The highest BCUT2D eigenvalue weighted by Crippen LogP contribution is 2.48. The topological polar surface area (TPSA) is 33.1 Å². The normalized spacial score (nSPS) is 16.7. The number of hydrogen-bond donors (Lipinski definition) is 1. The summed E-state index contributed by atoms with van der Waals surface area (Å²) in [6.07, 6.45) is -1.85. The first-order valence-electron chi connectivity index (χ1n) is 8.79. The number of pyridine rings is 1. The van der Waals surface area contributed by atoms with Crippen LogP contribution in [-0.2, 0) is 11.8 Å². The Bertz CT molecular complexity index is 962. The van der Waals surface area contributed by atoms with Crippen molar-refractivity contribution < 1.29 is 22.7 Å². The molecule has 2 aromatic heterocycles. The van der Waals surface area contributed by atoms with Crippen molar-refractivity contribution in [3.63, 3.8) is 0 Å². The molecule has 1 N–H and O–H groups in total. The summed E-state index contributed by atoms with van der Waals surface area (Å²) >= 11 is 1.42. The van der Waals surface area contributed by atoms with Crippen LogP contribution in [0.5, 0.6) is 0 Å². The van der Waals surface area contributed by atoms with E-state index in [4.69, 9.17) is 0 Å². The Morgan fingerprint density at radius 3 is 2.46 bits per heavy atom. The van der Waals surface area contributed by atoms with E-state index >= 15 is 0 Å². The van der Waals surface area contributed by atoms with Gasteiger partial charge in [0.1, 0.15) is 5.82 Å². The minimum absolute atomic E-state index is 0.0619. The molecule has 3 aromatic rings. The van der Waals surface area contributed by atoms with Crippen LogP contribution >= 0.6 is 11.3 Å². The first kappa shape index (κ1) is 20.7. The highest BCUT2D eigenvalue weighted by molar-refractivity contribution is 7.19. The van der Waals surface area contributed by atoms with Gasteiger partial charge < -0.3 is 5.11 Å². The fourth-order valence-electron chi connectivity index (χ4n) is 3.76. The van der Waals surface area contributed by atoms with Crippen LogP contribution in [0.25, 0.3) is 10.1 Å². The molecule has 150 valence electrons. The van der Waals surface area contributed by atoms with Crippen LogP contribution in [0, 0.1) is 12.7 Å². The summed E-state index contributed by atoms with van der Waals surface area (Å²) in [5.41, 5.74) is -3.84. The number of fused-ring (bicyclic) bond motifs is 1. The molecule has 1 aromatic carbocycles. The Morgan fingerprint density at radius 1 is 1.11 bits per heavy atom. The van der Waals surface area contributed by atoms with Crippen molar-refractivity contribution in [2.45, 2.75) is 50.8 Å². The molecule has 3 rings (SSSR count). The van der Waals surface area contributed by atoms with Crippen LogP contribution in [-0.4, -0.2) is 21.9 Å². The van der Waals surface area contributed by atoms with E-state index in [1.54, 1.807) is 12.4 Å². The number of thiophene rings is 1. The summed E-state index contributed by atoms with van der Waals surface area (Å²) in [6, 6.07) is 7.05. The minimum Gasteiger partial charge on any atom is -0.390 e. The highest BCUT2D eigenvalue weighted by Gasteiger charge is 2.55. The van der Waals surface area contributed by atoms with Crippen LogP contribution in [0.2, 0.25) is 0 Å². The van der Waals surface area contributed by atoms with Crippen molar-refractivity contribution in [1.29, 1.82) is 0 Å². The molecule has 2 heterocycles. The van der Waals surface area contributed by atoms with E-state index in [2.05, 4.69) is 4.98 Å². The number of aryl methyl sites for hydroxylation is 1. The number of aromatic nitrogens is 1. The molecule has 2 nitrogen and oxygen atoms in total. The maximum atomic E-state index is 14.1. The van der Waals surface area contributed by atoms with E-state index < -0.39 is 29.4 Å². The molecule has 0 spiro atoms. The molecule has 0 saturated carbocycles. The fraction of sp³-hybridized carbons (Fsp3) is 0.381. The molecule has 0 aliphatic rings. The number of nitrogens with zero attached hydrogens (tertiary/aromatic N) is 1. The molecule has 0 aliphatic heterocycles. The van der Waals surface area contributed by atoms with Crippen LogP contribution < -0.4 is 0 Å². The number of hydrogen-bond acceptors (Lipinski definition) is 3. The SMILES string of the molecule is Cc1ccc(F)cc1C(C)(CC(C)(O)Cc1cc2cnccc2s1)C(F)(F)F. The van der Waals surface area contributed by atoms with Crippen molar-refractivity contribution in [1.82, 2.24) is 4.98 Å². The van der Waals surface area contributed by atoms with Crippen molar-refractivity contribution >= 4 is 21.4 Å². The van der Waals surface area contributed by atoms with Gasteiger partial charge in [-0.1, -0.05) is 6.07 Å². The quantitative estimate of drug-likeness (QED) is 0.527. The van der Waals surface area contributed by atoms with Crippen molar-refractivity contribution in [2.24, 2.45) is 0 Å². The number of aliphatic hydroxyl groups is 1. The van der Waals surface area contributed by atoms with Gasteiger partial charge in [0.05, 0.1) is 11.0 Å². The largest absolute Gasteiger partial charge is 0.398 e. The van der Waals surface area contributed by atoms with Crippen LogP contribution in [0.4, 0.5) is 17.6 Å². The summed E-state index contributed by atoms with van der Waals surface area (Å²) in [5.74, 6) is -0.729. The zero-order valence-corrected chi connectivity index (χ0v) is 16.6. The third-order valence-electron chi connectivity index (χ3n) is 5.08. The monoisotopic (exact) mass is 411 g/mol. The van der Waals surface area contributed by atoms with E-state index in [0.717, 1.165) is 34.0 Å². The lowest BCUT2D eigenvalue weighted by Gasteiger charge is -2.39. The van der Waals surface area contributed by atoms with Gasteiger partial charge in [-0.15, -0.1) is 11.3 Å². The summed E-state index contributed by atoms with van der Waals surface area (Å²) in [6.45, 7) is 3.94. The summed E-state index contributed by atoms with van der Waals surface area (Å²) in [5, 5.41) is 11.8. The zero-order valence-electron chi connectivity index (χ0n) is 15.8. The number of halogens is 4. The lowest BCUT2D eigenvalue weighted by molar-refractivity contribution is -0.200. The Balaban J connectivity index is 1.96. The van der Waals surface area contributed by atoms with Gasteiger partial charge in [0, 0.05) is 33.8 Å². The summed E-state index contributed by atoms with van der Waals surface area (Å²) in [4.78, 5) is 4.80. The van der Waals surface area contributed by atoms with Crippen molar-refractivity contribution in [2.75, 3.05) is 0 Å². The molecule has 0 aliphatic carbocycles. The smallest absolute Gasteiger partial charge is 0.390 e. The zero-order chi connectivity index (χ0) is 20.7. The van der Waals surface area contributed by atoms with E-state index in [9.17, 15) is 22.7 Å². The van der Waals surface area contributed by atoms with Crippen molar-refractivity contribution in [3.8, 4) is 0 Å². The average Bonchev–Trinajstić information content (AvgIpc) is 2.96. The number of benzene rings is 1. The van der Waals surface area contributed by atoms with Gasteiger partial charge in [-0.05, 0) is 62.6 Å². The average molecular weight is 411 g/mol. The molecule has 2 atom stereocenters. The fourth-order valence-corrected chi connectivity index (χ4v) is 4.97. The van der Waals surface area contributed by atoms with Gasteiger partial charge in [-0.25, -0.2) is 4.39 Å². The van der Waals surface area contributed by atoms with Gasteiger partial charge in [0.2, 0.25) is 0 Å². The third kappa shape index (κ3) is 4.05. The van der Waals surface area contributed by atoms with E-state index in [-0.39, 0.29) is 12.0 Å². The van der Waals surface area contributed by atoms with Gasteiger partial charge in [-0.3, -0.25) is 4.98 Å². The second-order valence-corrected chi connectivity index (χ2v) is 8.93. The maximum absolute atomic E-state index is 14.1. The second kappa shape index (κ2) is 7.12. The molecule has 28 heavy (non-hydrogen) atoms.